The summed E-state index contributed by atoms with van der Waals surface area (Å²) in [5.74, 6) is 0.698. The summed E-state index contributed by atoms with van der Waals surface area (Å²) in [4.78, 5) is 14.3. The lowest BCUT2D eigenvalue weighted by Crippen LogP contribution is -2.45. The quantitative estimate of drug-likeness (QED) is 0.835. The molecule has 1 aliphatic heterocycles. The summed E-state index contributed by atoms with van der Waals surface area (Å²) < 4.78 is 5.55. The van der Waals surface area contributed by atoms with E-state index in [0.29, 0.717) is 17.4 Å². The molecule has 0 saturated carbocycles. The minimum atomic E-state index is 0.0671. The molecule has 1 unspecified atom stereocenters. The van der Waals surface area contributed by atoms with Crippen molar-refractivity contribution in [1.29, 1.82) is 5.26 Å². The zero-order valence-corrected chi connectivity index (χ0v) is 12.5. The first-order valence-corrected chi connectivity index (χ1v) is 7.67. The van der Waals surface area contributed by atoms with Gasteiger partial charge in [-0.1, -0.05) is 13.3 Å². The second-order valence-corrected chi connectivity index (χ2v) is 5.45. The number of carbonyl (C=O) groups is 1. The van der Waals surface area contributed by atoms with Crippen LogP contribution in [0.5, 0.6) is 5.75 Å². The van der Waals surface area contributed by atoms with E-state index >= 15 is 0 Å². The summed E-state index contributed by atoms with van der Waals surface area (Å²) in [5.41, 5.74) is 0.590. The van der Waals surface area contributed by atoms with Crippen LogP contribution in [0.2, 0.25) is 0 Å². The first-order chi connectivity index (χ1) is 10.2. The van der Waals surface area contributed by atoms with Gasteiger partial charge in [0.1, 0.15) is 5.75 Å². The van der Waals surface area contributed by atoms with Crippen molar-refractivity contribution in [2.45, 2.75) is 45.1 Å². The van der Waals surface area contributed by atoms with Gasteiger partial charge in [0.25, 0.3) is 5.91 Å². The molecule has 1 fully saturated rings. The van der Waals surface area contributed by atoms with Crippen LogP contribution in [0.3, 0.4) is 0 Å². The number of piperidine rings is 1. The van der Waals surface area contributed by atoms with Crippen molar-refractivity contribution < 1.29 is 9.53 Å². The maximum absolute atomic E-state index is 12.3. The largest absolute Gasteiger partial charge is 0.484 e. The Morgan fingerprint density at radius 2 is 2.14 bits per heavy atom. The van der Waals surface area contributed by atoms with Gasteiger partial charge in [0, 0.05) is 12.6 Å². The van der Waals surface area contributed by atoms with Gasteiger partial charge in [0.2, 0.25) is 0 Å². The molecule has 112 valence electrons. The van der Waals surface area contributed by atoms with E-state index in [1.54, 1.807) is 24.3 Å². The van der Waals surface area contributed by atoms with Crippen LogP contribution in [0.25, 0.3) is 0 Å². The fourth-order valence-electron chi connectivity index (χ4n) is 2.82. The zero-order chi connectivity index (χ0) is 15.1. The SMILES string of the molecule is CCCC1CCCCN1C(=O)COc1ccc(C#N)cc1. The Morgan fingerprint density at radius 1 is 1.38 bits per heavy atom. The third-order valence-electron chi connectivity index (χ3n) is 3.92. The molecule has 4 heteroatoms. The number of likely N-dealkylation sites (tertiary alicyclic amines) is 1. The summed E-state index contributed by atoms with van der Waals surface area (Å²) in [5, 5.41) is 8.74. The first kappa shape index (κ1) is 15.4. The molecule has 1 atom stereocenters. The number of ether oxygens (including phenoxy) is 1. The number of hydrogen-bond donors (Lipinski definition) is 0. The number of nitrogens with zero attached hydrogens (tertiary/aromatic N) is 2. The van der Waals surface area contributed by atoms with Crippen LogP contribution in [0.1, 0.15) is 44.6 Å². The molecule has 0 bridgehead atoms. The third-order valence-corrected chi connectivity index (χ3v) is 3.92. The Hall–Kier alpha value is -2.02. The highest BCUT2D eigenvalue weighted by molar-refractivity contribution is 5.78. The molecule has 1 amide bonds. The molecule has 4 nitrogen and oxygen atoms in total. The Balaban J connectivity index is 1.89. The highest BCUT2D eigenvalue weighted by Gasteiger charge is 2.25. The lowest BCUT2D eigenvalue weighted by Gasteiger charge is -2.35. The van der Waals surface area contributed by atoms with Gasteiger partial charge >= 0.3 is 0 Å². The van der Waals surface area contributed by atoms with Crippen molar-refractivity contribution in [2.24, 2.45) is 0 Å². The monoisotopic (exact) mass is 286 g/mol. The average Bonchev–Trinajstić information content (AvgIpc) is 2.54. The summed E-state index contributed by atoms with van der Waals surface area (Å²) >= 11 is 0. The summed E-state index contributed by atoms with van der Waals surface area (Å²) in [6.07, 6.45) is 5.58. The van der Waals surface area contributed by atoms with Crippen LogP contribution in [0.15, 0.2) is 24.3 Å². The van der Waals surface area contributed by atoms with Gasteiger partial charge in [0.15, 0.2) is 6.61 Å². The summed E-state index contributed by atoms with van der Waals surface area (Å²) in [6.45, 7) is 3.08. The zero-order valence-electron chi connectivity index (χ0n) is 12.5. The van der Waals surface area contributed by atoms with Crippen LogP contribution < -0.4 is 4.74 Å². The van der Waals surface area contributed by atoms with Crippen molar-refractivity contribution in [3.63, 3.8) is 0 Å². The van der Waals surface area contributed by atoms with E-state index in [-0.39, 0.29) is 12.5 Å². The molecule has 0 aliphatic carbocycles. The van der Waals surface area contributed by atoms with Crippen LogP contribution in [0.4, 0.5) is 0 Å². The molecule has 0 radical (unpaired) electrons. The molecular formula is C17H22N2O2. The molecule has 2 rings (SSSR count). The molecule has 0 spiro atoms. The van der Waals surface area contributed by atoms with Crippen molar-refractivity contribution in [3.05, 3.63) is 29.8 Å². The van der Waals surface area contributed by atoms with E-state index in [1.807, 2.05) is 4.90 Å². The molecule has 1 aliphatic rings. The molecule has 1 aromatic rings. The highest BCUT2D eigenvalue weighted by atomic mass is 16.5. The van der Waals surface area contributed by atoms with Crippen LogP contribution in [-0.2, 0) is 4.79 Å². The molecule has 0 aromatic heterocycles. The summed E-state index contributed by atoms with van der Waals surface area (Å²) in [7, 11) is 0. The van der Waals surface area contributed by atoms with E-state index < -0.39 is 0 Å². The predicted octanol–water partition coefficient (Wildman–Crippen LogP) is 3.12. The van der Waals surface area contributed by atoms with Crippen molar-refractivity contribution in [3.8, 4) is 11.8 Å². The molecule has 1 saturated heterocycles. The van der Waals surface area contributed by atoms with Gasteiger partial charge in [-0.05, 0) is 49.9 Å². The smallest absolute Gasteiger partial charge is 0.260 e. The molecular weight excluding hydrogens is 264 g/mol. The number of carbonyl (C=O) groups excluding carboxylic acids is 1. The van der Waals surface area contributed by atoms with Crippen molar-refractivity contribution in [1.82, 2.24) is 4.90 Å². The van der Waals surface area contributed by atoms with Gasteiger partial charge in [-0.15, -0.1) is 0 Å². The standard InChI is InChI=1S/C17H22N2O2/c1-2-5-15-6-3-4-11-19(15)17(20)13-21-16-9-7-14(12-18)8-10-16/h7-10,15H,2-6,11,13H2,1H3. The molecule has 21 heavy (non-hydrogen) atoms. The van der Waals surface area contributed by atoms with Crippen molar-refractivity contribution in [2.75, 3.05) is 13.2 Å². The topological polar surface area (TPSA) is 53.3 Å². The maximum Gasteiger partial charge on any atom is 0.260 e. The van der Waals surface area contributed by atoms with E-state index in [9.17, 15) is 4.79 Å². The van der Waals surface area contributed by atoms with Gasteiger partial charge in [-0.25, -0.2) is 0 Å². The Morgan fingerprint density at radius 3 is 2.81 bits per heavy atom. The van der Waals surface area contributed by atoms with E-state index in [1.165, 1.54) is 6.42 Å². The van der Waals surface area contributed by atoms with Crippen LogP contribution >= 0.6 is 0 Å². The molecule has 0 N–H and O–H groups in total. The minimum absolute atomic E-state index is 0.0671. The van der Waals surface area contributed by atoms with Crippen LogP contribution in [0, 0.1) is 11.3 Å². The second-order valence-electron chi connectivity index (χ2n) is 5.45. The normalized spacial score (nSPS) is 18.1. The summed E-state index contributed by atoms with van der Waals surface area (Å²) in [6, 6.07) is 9.28. The number of hydrogen-bond acceptors (Lipinski definition) is 3. The van der Waals surface area contributed by atoms with E-state index in [0.717, 1.165) is 32.2 Å². The number of rotatable bonds is 5. The van der Waals surface area contributed by atoms with Crippen molar-refractivity contribution >= 4 is 5.91 Å². The van der Waals surface area contributed by atoms with Gasteiger partial charge in [0.05, 0.1) is 11.6 Å². The number of amides is 1. The highest BCUT2D eigenvalue weighted by Crippen LogP contribution is 2.21. The Kier molecular flexibility index (Phi) is 5.62. The average molecular weight is 286 g/mol. The third kappa shape index (κ3) is 4.22. The fourth-order valence-corrected chi connectivity index (χ4v) is 2.82. The lowest BCUT2D eigenvalue weighted by atomic mass is 9.98. The molecule has 1 heterocycles. The second kappa shape index (κ2) is 7.68. The van der Waals surface area contributed by atoms with Gasteiger partial charge in [-0.2, -0.15) is 5.26 Å². The Bertz CT molecular complexity index is 503. The molecule has 1 aromatic carbocycles. The minimum Gasteiger partial charge on any atom is -0.484 e. The fraction of sp³-hybridized carbons (Fsp3) is 0.529. The predicted molar refractivity (Wildman–Crippen MR) is 80.9 cm³/mol. The number of benzene rings is 1. The Labute approximate surface area is 126 Å². The maximum atomic E-state index is 12.3. The van der Waals surface area contributed by atoms with E-state index in [2.05, 4.69) is 13.0 Å². The van der Waals surface area contributed by atoms with Gasteiger partial charge in [-0.3, -0.25) is 4.79 Å². The lowest BCUT2D eigenvalue weighted by molar-refractivity contribution is -0.137. The number of nitriles is 1. The van der Waals surface area contributed by atoms with E-state index in [4.69, 9.17) is 10.00 Å². The first-order valence-electron chi connectivity index (χ1n) is 7.67. The van der Waals surface area contributed by atoms with Gasteiger partial charge < -0.3 is 9.64 Å². The van der Waals surface area contributed by atoms with Crippen LogP contribution in [-0.4, -0.2) is 30.0 Å².